The fourth-order valence-corrected chi connectivity index (χ4v) is 3.12. The summed E-state index contributed by atoms with van der Waals surface area (Å²) in [7, 11) is 0. The summed E-state index contributed by atoms with van der Waals surface area (Å²) in [6.07, 6.45) is 0.913. The number of carbonyl (C=O) groups is 1. The summed E-state index contributed by atoms with van der Waals surface area (Å²) in [6.45, 7) is 3.58. The van der Waals surface area contributed by atoms with Gasteiger partial charge in [0.05, 0.1) is 12.0 Å². The molecule has 0 atom stereocenters. The van der Waals surface area contributed by atoms with Crippen LogP contribution < -0.4 is 5.32 Å². The van der Waals surface area contributed by atoms with Gasteiger partial charge in [0.1, 0.15) is 0 Å². The minimum absolute atomic E-state index is 0.0439. The molecule has 17 heavy (non-hydrogen) atoms. The van der Waals surface area contributed by atoms with Gasteiger partial charge in [0.15, 0.2) is 0 Å². The molecule has 1 N–H and O–H groups in total. The smallest absolute Gasteiger partial charge is 0.312 e. The quantitative estimate of drug-likeness (QED) is 0.775. The molecule has 1 aliphatic carbocycles. The summed E-state index contributed by atoms with van der Waals surface area (Å²) in [5.41, 5.74) is -0.915. The van der Waals surface area contributed by atoms with E-state index < -0.39 is 17.3 Å². The summed E-state index contributed by atoms with van der Waals surface area (Å²) in [4.78, 5) is 12.0. The Morgan fingerprint density at radius 3 is 2.41 bits per heavy atom. The predicted molar refractivity (Wildman–Crippen MR) is 58.8 cm³/mol. The van der Waals surface area contributed by atoms with Gasteiger partial charge in [-0.15, -0.1) is 0 Å². The van der Waals surface area contributed by atoms with E-state index in [1.807, 2.05) is 0 Å². The van der Waals surface area contributed by atoms with Crippen molar-refractivity contribution in [2.75, 3.05) is 19.7 Å². The van der Waals surface area contributed by atoms with Crippen LogP contribution in [0.1, 0.15) is 32.6 Å². The molecule has 2 rings (SSSR count). The molecule has 3 nitrogen and oxygen atoms in total. The first-order valence-corrected chi connectivity index (χ1v) is 6.26. The molecule has 2 fully saturated rings. The van der Waals surface area contributed by atoms with Crippen molar-refractivity contribution in [1.29, 1.82) is 0 Å². The molecule has 2 aliphatic rings. The lowest BCUT2D eigenvalue weighted by Crippen LogP contribution is -2.57. The van der Waals surface area contributed by atoms with Crippen molar-refractivity contribution in [1.82, 2.24) is 5.32 Å². The van der Waals surface area contributed by atoms with Crippen LogP contribution in [-0.2, 0) is 9.53 Å². The van der Waals surface area contributed by atoms with Gasteiger partial charge in [-0.2, -0.15) is 0 Å². The van der Waals surface area contributed by atoms with Gasteiger partial charge in [-0.1, -0.05) is 0 Å². The minimum Gasteiger partial charge on any atom is -0.466 e. The van der Waals surface area contributed by atoms with Gasteiger partial charge in [-0.25, -0.2) is 8.78 Å². The Hall–Kier alpha value is -0.710. The zero-order valence-corrected chi connectivity index (χ0v) is 10.1. The third-order valence-corrected chi connectivity index (χ3v) is 3.95. The highest BCUT2D eigenvalue weighted by Crippen LogP contribution is 2.58. The van der Waals surface area contributed by atoms with E-state index in [-0.39, 0.29) is 25.4 Å². The molecule has 0 spiro atoms. The van der Waals surface area contributed by atoms with E-state index in [4.69, 9.17) is 4.74 Å². The maximum absolute atomic E-state index is 13.2. The van der Waals surface area contributed by atoms with Crippen molar-refractivity contribution in [3.05, 3.63) is 0 Å². The standard InChI is InChI=1S/C12H19F2NO2/c1-2-17-10(16)11(7-12(13,14)8-11)9-3-5-15-6-4-9/h9,15H,2-8H2,1H3. The topological polar surface area (TPSA) is 38.3 Å². The Balaban J connectivity index is 2.10. The monoisotopic (exact) mass is 247 g/mol. The first-order chi connectivity index (χ1) is 8.00. The molecule has 0 unspecified atom stereocenters. The number of carbonyl (C=O) groups excluding carboxylic acids is 1. The largest absolute Gasteiger partial charge is 0.466 e. The maximum atomic E-state index is 13.2. The number of hydrogen-bond donors (Lipinski definition) is 1. The van der Waals surface area contributed by atoms with Crippen LogP contribution in [-0.4, -0.2) is 31.6 Å². The summed E-state index contributed by atoms with van der Waals surface area (Å²) >= 11 is 0. The fraction of sp³-hybridized carbons (Fsp3) is 0.917. The first kappa shape index (κ1) is 12.7. The van der Waals surface area contributed by atoms with E-state index in [9.17, 15) is 13.6 Å². The SMILES string of the molecule is CCOC(=O)C1(C2CCNCC2)CC(F)(F)C1. The lowest BCUT2D eigenvalue weighted by atomic mass is 9.57. The van der Waals surface area contributed by atoms with Crippen LogP contribution >= 0.6 is 0 Å². The Labute approximate surface area is 99.9 Å². The van der Waals surface area contributed by atoms with Crippen molar-refractivity contribution >= 4 is 5.97 Å². The third kappa shape index (κ3) is 2.30. The molecule has 0 aromatic heterocycles. The molecular weight excluding hydrogens is 228 g/mol. The normalized spacial score (nSPS) is 27.2. The van der Waals surface area contributed by atoms with Gasteiger partial charge in [-0.3, -0.25) is 4.79 Å². The molecule has 1 saturated carbocycles. The molecule has 5 heteroatoms. The highest BCUT2D eigenvalue weighted by atomic mass is 19.3. The maximum Gasteiger partial charge on any atom is 0.312 e. The summed E-state index contributed by atoms with van der Waals surface area (Å²) < 4.78 is 31.3. The van der Waals surface area contributed by atoms with Crippen molar-refractivity contribution in [2.24, 2.45) is 11.3 Å². The second-order valence-corrected chi connectivity index (χ2v) is 5.11. The zero-order valence-electron chi connectivity index (χ0n) is 10.1. The summed E-state index contributed by atoms with van der Waals surface area (Å²) in [6, 6.07) is 0. The molecule has 1 aliphatic heterocycles. The molecule has 98 valence electrons. The number of esters is 1. The van der Waals surface area contributed by atoms with Crippen LogP contribution in [0.15, 0.2) is 0 Å². The highest BCUT2D eigenvalue weighted by Gasteiger charge is 2.64. The second-order valence-electron chi connectivity index (χ2n) is 5.11. The number of alkyl halides is 2. The van der Waals surface area contributed by atoms with Gasteiger partial charge >= 0.3 is 5.97 Å². The number of rotatable bonds is 3. The highest BCUT2D eigenvalue weighted by molar-refractivity contribution is 5.79. The van der Waals surface area contributed by atoms with E-state index in [0.717, 1.165) is 25.9 Å². The van der Waals surface area contributed by atoms with Crippen LogP contribution in [0.2, 0.25) is 0 Å². The number of nitrogens with one attached hydrogen (secondary N) is 1. The number of hydrogen-bond acceptors (Lipinski definition) is 3. The predicted octanol–water partition coefficient (Wildman–Crippen LogP) is 1.96. The molecule has 0 aromatic carbocycles. The molecule has 1 heterocycles. The Morgan fingerprint density at radius 2 is 1.94 bits per heavy atom. The Bertz CT molecular complexity index is 293. The van der Waals surface area contributed by atoms with E-state index in [1.54, 1.807) is 6.92 Å². The van der Waals surface area contributed by atoms with E-state index in [1.165, 1.54) is 0 Å². The Morgan fingerprint density at radius 1 is 1.35 bits per heavy atom. The van der Waals surface area contributed by atoms with Crippen molar-refractivity contribution in [3.8, 4) is 0 Å². The van der Waals surface area contributed by atoms with Crippen LogP contribution in [0, 0.1) is 11.3 Å². The van der Waals surface area contributed by atoms with Gasteiger partial charge in [-0.05, 0) is 38.8 Å². The zero-order chi connectivity index (χ0) is 12.5. The number of halogens is 2. The molecule has 1 saturated heterocycles. The lowest BCUT2D eigenvalue weighted by Gasteiger charge is -2.50. The lowest BCUT2D eigenvalue weighted by molar-refractivity contribution is -0.213. The van der Waals surface area contributed by atoms with Crippen molar-refractivity contribution < 1.29 is 18.3 Å². The number of ether oxygens (including phenoxy) is 1. The van der Waals surface area contributed by atoms with E-state index in [2.05, 4.69) is 5.32 Å². The molecular formula is C12H19F2NO2. The van der Waals surface area contributed by atoms with Gasteiger partial charge in [0.2, 0.25) is 5.92 Å². The van der Waals surface area contributed by atoms with Crippen molar-refractivity contribution in [2.45, 2.75) is 38.5 Å². The molecule has 0 amide bonds. The van der Waals surface area contributed by atoms with Crippen molar-refractivity contribution in [3.63, 3.8) is 0 Å². The summed E-state index contributed by atoms with van der Waals surface area (Å²) in [5, 5.41) is 3.19. The van der Waals surface area contributed by atoms with E-state index >= 15 is 0 Å². The van der Waals surface area contributed by atoms with Crippen LogP contribution in [0.4, 0.5) is 8.78 Å². The van der Waals surface area contributed by atoms with E-state index in [0.29, 0.717) is 0 Å². The average Bonchev–Trinajstić information content (AvgIpc) is 2.26. The molecule has 0 aromatic rings. The van der Waals surface area contributed by atoms with Gasteiger partial charge in [0.25, 0.3) is 0 Å². The summed E-state index contributed by atoms with van der Waals surface area (Å²) in [5.74, 6) is -3.06. The van der Waals surface area contributed by atoms with Crippen LogP contribution in [0.25, 0.3) is 0 Å². The average molecular weight is 247 g/mol. The fourth-order valence-electron chi connectivity index (χ4n) is 3.12. The minimum atomic E-state index is -2.68. The number of piperidine rings is 1. The molecule has 0 bridgehead atoms. The molecule has 0 radical (unpaired) electrons. The second kappa shape index (κ2) is 4.52. The van der Waals surface area contributed by atoms with Crippen LogP contribution in [0.3, 0.4) is 0 Å². The Kier molecular flexibility index (Phi) is 3.39. The van der Waals surface area contributed by atoms with Gasteiger partial charge < -0.3 is 10.1 Å². The first-order valence-electron chi connectivity index (χ1n) is 6.26. The van der Waals surface area contributed by atoms with Crippen LogP contribution in [0.5, 0.6) is 0 Å². The third-order valence-electron chi connectivity index (χ3n) is 3.95. The van der Waals surface area contributed by atoms with Gasteiger partial charge in [0, 0.05) is 12.8 Å².